The molecule has 0 aromatic heterocycles. The van der Waals surface area contributed by atoms with Crippen LogP contribution < -0.4 is 20.7 Å². The third kappa shape index (κ3) is 7.08. The molecule has 8 heteroatoms. The zero-order valence-corrected chi connectivity index (χ0v) is 19.6. The highest BCUT2D eigenvalue weighted by molar-refractivity contribution is 14.0. The van der Waals surface area contributed by atoms with E-state index in [0.717, 1.165) is 25.3 Å². The summed E-state index contributed by atoms with van der Waals surface area (Å²) in [6, 6.07) is 18.2. The van der Waals surface area contributed by atoms with Gasteiger partial charge in [-0.2, -0.15) is 0 Å². The van der Waals surface area contributed by atoms with Gasteiger partial charge in [-0.3, -0.25) is 4.79 Å². The van der Waals surface area contributed by atoms with Gasteiger partial charge >= 0.3 is 0 Å². The molecule has 0 saturated carbocycles. The van der Waals surface area contributed by atoms with E-state index in [1.807, 2.05) is 47.4 Å². The van der Waals surface area contributed by atoms with Crippen molar-refractivity contribution in [1.29, 1.82) is 0 Å². The molecule has 0 unspecified atom stereocenters. The van der Waals surface area contributed by atoms with Gasteiger partial charge in [0.2, 0.25) is 5.91 Å². The molecule has 162 valence electrons. The van der Waals surface area contributed by atoms with Gasteiger partial charge in [0.25, 0.3) is 0 Å². The number of benzene rings is 2. The average molecular weight is 523 g/mol. The maximum absolute atomic E-state index is 12.4. The molecule has 3 N–H and O–H groups in total. The Morgan fingerprint density at radius 2 is 1.73 bits per heavy atom. The Bertz CT molecular complexity index is 806. The second kappa shape index (κ2) is 12.3. The number of para-hydroxylation sites is 1. The van der Waals surface area contributed by atoms with Gasteiger partial charge in [0.15, 0.2) is 5.96 Å². The summed E-state index contributed by atoms with van der Waals surface area (Å²) in [5, 5.41) is 3.06. The van der Waals surface area contributed by atoms with E-state index in [-0.39, 0.29) is 36.4 Å². The van der Waals surface area contributed by atoms with Crippen LogP contribution in [0, 0.1) is 0 Å². The lowest BCUT2D eigenvalue weighted by molar-refractivity contribution is -0.129. The maximum atomic E-state index is 12.4. The van der Waals surface area contributed by atoms with Crippen LogP contribution in [0.1, 0.15) is 5.56 Å². The molecule has 2 aromatic carbocycles. The highest BCUT2D eigenvalue weighted by Crippen LogP contribution is 2.15. The van der Waals surface area contributed by atoms with Crippen molar-refractivity contribution in [2.45, 2.75) is 6.42 Å². The Hall–Kier alpha value is -2.49. The van der Waals surface area contributed by atoms with Crippen LogP contribution in [-0.4, -0.2) is 63.1 Å². The molecule has 30 heavy (non-hydrogen) atoms. The average Bonchev–Trinajstić information content (AvgIpc) is 2.78. The van der Waals surface area contributed by atoms with Crippen LogP contribution in [-0.2, 0) is 11.2 Å². The van der Waals surface area contributed by atoms with Crippen molar-refractivity contribution in [3.63, 3.8) is 0 Å². The molecule has 0 bridgehead atoms. The van der Waals surface area contributed by atoms with Crippen LogP contribution in [0.3, 0.4) is 0 Å². The van der Waals surface area contributed by atoms with Gasteiger partial charge in [-0.05, 0) is 36.2 Å². The molecule has 1 saturated heterocycles. The number of nitrogens with zero attached hydrogens (tertiary/aromatic N) is 3. The Labute approximate surface area is 195 Å². The van der Waals surface area contributed by atoms with Crippen molar-refractivity contribution in [3.05, 3.63) is 60.2 Å². The van der Waals surface area contributed by atoms with Crippen molar-refractivity contribution < 1.29 is 9.53 Å². The summed E-state index contributed by atoms with van der Waals surface area (Å²) in [6.07, 6.45) is 0.815. The monoisotopic (exact) mass is 523 g/mol. The lowest BCUT2D eigenvalue weighted by atomic mass is 10.1. The number of rotatable bonds is 7. The summed E-state index contributed by atoms with van der Waals surface area (Å²) >= 11 is 0. The van der Waals surface area contributed by atoms with E-state index in [4.69, 9.17) is 10.5 Å². The maximum Gasteiger partial charge on any atom is 0.244 e. The number of hydrogen-bond donors (Lipinski definition) is 2. The van der Waals surface area contributed by atoms with Crippen molar-refractivity contribution in [2.24, 2.45) is 10.7 Å². The minimum atomic E-state index is 0. The molecule has 1 aliphatic heterocycles. The van der Waals surface area contributed by atoms with Gasteiger partial charge in [-0.25, -0.2) is 4.99 Å². The van der Waals surface area contributed by atoms with Crippen molar-refractivity contribution >= 4 is 41.5 Å². The molecule has 0 atom stereocenters. The van der Waals surface area contributed by atoms with Gasteiger partial charge in [-0.15, -0.1) is 24.0 Å². The molecule has 1 aliphatic rings. The van der Waals surface area contributed by atoms with Crippen molar-refractivity contribution in [1.82, 2.24) is 10.2 Å². The number of anilines is 1. The normalized spacial score (nSPS) is 14.1. The topological polar surface area (TPSA) is 83.2 Å². The molecule has 1 heterocycles. The number of piperazine rings is 1. The third-order valence-electron chi connectivity index (χ3n) is 5.02. The standard InChI is InChI=1S/C22H29N5O2.HI/c1-29-20-9-7-18(8-10-20)11-12-24-22(23)25-17-21(28)27-15-13-26(14-16-27)19-5-3-2-4-6-19;/h2-10H,11-17H2,1H3,(H3,23,24,25);1H. The first kappa shape index (κ1) is 23.8. The van der Waals surface area contributed by atoms with Crippen LogP contribution in [0.15, 0.2) is 59.6 Å². The summed E-state index contributed by atoms with van der Waals surface area (Å²) < 4.78 is 5.15. The lowest BCUT2D eigenvalue weighted by Crippen LogP contribution is -2.49. The number of methoxy groups -OCH3 is 1. The first-order valence-corrected chi connectivity index (χ1v) is 9.90. The molecule has 0 aliphatic carbocycles. The summed E-state index contributed by atoms with van der Waals surface area (Å²) in [5.41, 5.74) is 8.28. The van der Waals surface area contributed by atoms with E-state index >= 15 is 0 Å². The number of carbonyl (C=O) groups is 1. The van der Waals surface area contributed by atoms with Gasteiger partial charge in [0.05, 0.1) is 7.11 Å². The fraction of sp³-hybridized carbons (Fsp3) is 0.364. The van der Waals surface area contributed by atoms with E-state index in [2.05, 4.69) is 27.3 Å². The van der Waals surface area contributed by atoms with Crippen LogP contribution in [0.2, 0.25) is 0 Å². The second-order valence-electron chi connectivity index (χ2n) is 6.93. The van der Waals surface area contributed by atoms with Crippen LogP contribution in [0.4, 0.5) is 5.69 Å². The van der Waals surface area contributed by atoms with E-state index < -0.39 is 0 Å². The van der Waals surface area contributed by atoms with E-state index in [9.17, 15) is 4.79 Å². The molecule has 0 spiro atoms. The van der Waals surface area contributed by atoms with Crippen LogP contribution in [0.5, 0.6) is 5.75 Å². The summed E-state index contributed by atoms with van der Waals surface area (Å²) in [4.78, 5) is 20.7. The fourth-order valence-corrected chi connectivity index (χ4v) is 3.29. The number of ether oxygens (including phenoxy) is 1. The third-order valence-corrected chi connectivity index (χ3v) is 5.02. The predicted molar refractivity (Wildman–Crippen MR) is 132 cm³/mol. The van der Waals surface area contributed by atoms with Gasteiger partial charge < -0.3 is 25.6 Å². The highest BCUT2D eigenvalue weighted by Gasteiger charge is 2.20. The fourth-order valence-electron chi connectivity index (χ4n) is 3.29. The predicted octanol–water partition coefficient (Wildman–Crippen LogP) is 2.11. The zero-order valence-electron chi connectivity index (χ0n) is 17.3. The quantitative estimate of drug-likeness (QED) is 0.330. The zero-order chi connectivity index (χ0) is 20.5. The van der Waals surface area contributed by atoms with Gasteiger partial charge in [-0.1, -0.05) is 30.3 Å². The van der Waals surface area contributed by atoms with Gasteiger partial charge in [0.1, 0.15) is 12.3 Å². The number of carbonyl (C=O) groups excluding carboxylic acids is 1. The molecule has 2 aromatic rings. The van der Waals surface area contributed by atoms with E-state index in [1.165, 1.54) is 11.3 Å². The molecule has 3 rings (SSSR count). The van der Waals surface area contributed by atoms with Crippen molar-refractivity contribution in [2.75, 3.05) is 51.3 Å². The molecule has 0 radical (unpaired) electrons. The number of nitrogens with two attached hydrogens (primary N) is 1. The Kier molecular flexibility index (Phi) is 9.72. The van der Waals surface area contributed by atoms with Gasteiger partial charge in [0, 0.05) is 38.4 Å². The number of nitrogens with one attached hydrogen (secondary N) is 1. The first-order valence-electron chi connectivity index (χ1n) is 9.90. The SMILES string of the molecule is COc1ccc(CCNC(N)=NCC(=O)N2CCN(c3ccccc3)CC2)cc1.I. The molecular weight excluding hydrogens is 493 g/mol. The number of amides is 1. The lowest BCUT2D eigenvalue weighted by Gasteiger charge is -2.35. The number of halogens is 1. The van der Waals surface area contributed by atoms with Crippen molar-refractivity contribution in [3.8, 4) is 5.75 Å². The largest absolute Gasteiger partial charge is 0.497 e. The van der Waals surface area contributed by atoms with Crippen LogP contribution in [0.25, 0.3) is 0 Å². The number of hydrogen-bond acceptors (Lipinski definition) is 4. The smallest absolute Gasteiger partial charge is 0.244 e. The minimum Gasteiger partial charge on any atom is -0.497 e. The Morgan fingerprint density at radius 3 is 2.37 bits per heavy atom. The first-order chi connectivity index (χ1) is 14.2. The van der Waals surface area contributed by atoms with Crippen LogP contribution >= 0.6 is 24.0 Å². The number of aliphatic imine (C=N–C) groups is 1. The van der Waals surface area contributed by atoms with E-state index in [1.54, 1.807) is 7.11 Å². The second-order valence-corrected chi connectivity index (χ2v) is 6.93. The molecule has 1 amide bonds. The molecular formula is C22H30IN5O2. The Morgan fingerprint density at radius 1 is 1.07 bits per heavy atom. The Balaban J connectivity index is 0.00000320. The molecule has 7 nitrogen and oxygen atoms in total. The minimum absolute atomic E-state index is 0. The highest BCUT2D eigenvalue weighted by atomic mass is 127. The van der Waals surface area contributed by atoms with E-state index in [0.29, 0.717) is 25.6 Å². The summed E-state index contributed by atoms with van der Waals surface area (Å²) in [6.45, 7) is 3.80. The number of guanidine groups is 1. The summed E-state index contributed by atoms with van der Waals surface area (Å²) in [7, 11) is 1.65. The summed E-state index contributed by atoms with van der Waals surface area (Å²) in [5.74, 6) is 1.15. The molecule has 1 fully saturated rings.